The smallest absolute Gasteiger partial charge is 0.242 e. The molecule has 3 N–H and O–H groups in total. The van der Waals surface area contributed by atoms with Crippen molar-refractivity contribution in [2.75, 3.05) is 6.54 Å². The van der Waals surface area contributed by atoms with E-state index in [-0.39, 0.29) is 11.4 Å². The van der Waals surface area contributed by atoms with Crippen LogP contribution in [0.15, 0.2) is 23.4 Å². The van der Waals surface area contributed by atoms with Gasteiger partial charge in [0.05, 0.1) is 6.54 Å². The second-order valence-corrected chi connectivity index (χ2v) is 6.44. The molecule has 0 saturated heterocycles. The number of nitrogens with zero attached hydrogens (tertiary/aromatic N) is 1. The Bertz CT molecular complexity index is 598. The predicted octanol–water partition coefficient (Wildman–Crippen LogP) is 0.859. The third kappa shape index (κ3) is 4.63. The number of nitrogens with one attached hydrogen (secondary N) is 1. The fourth-order valence-corrected chi connectivity index (χ4v) is 2.75. The lowest BCUT2D eigenvalue weighted by molar-refractivity contribution is 0.439. The lowest BCUT2D eigenvalue weighted by atomic mass is 10.0. The number of hydrogen-bond acceptors (Lipinski definition) is 4. The van der Waals surface area contributed by atoms with Crippen molar-refractivity contribution in [3.63, 3.8) is 0 Å². The Morgan fingerprint density at radius 2 is 2.11 bits per heavy atom. The highest BCUT2D eigenvalue weighted by Gasteiger charge is 2.24. The Morgan fingerprint density at radius 1 is 1.42 bits per heavy atom. The van der Waals surface area contributed by atoms with Crippen molar-refractivity contribution in [2.24, 2.45) is 5.73 Å². The average molecular weight is 281 g/mol. The molecule has 5 nitrogen and oxygen atoms in total. The molecule has 0 aliphatic carbocycles. The van der Waals surface area contributed by atoms with E-state index in [0.29, 0.717) is 12.0 Å². The third-order valence-electron chi connectivity index (χ3n) is 2.65. The summed E-state index contributed by atoms with van der Waals surface area (Å²) in [6.45, 7) is 5.80. The van der Waals surface area contributed by atoms with Crippen molar-refractivity contribution in [3.8, 4) is 11.8 Å². The van der Waals surface area contributed by atoms with Crippen LogP contribution in [-0.2, 0) is 10.0 Å². The molecule has 1 aromatic rings. The largest absolute Gasteiger partial charge is 0.320 e. The molecule has 1 heterocycles. The minimum Gasteiger partial charge on any atom is -0.320 e. The lowest BCUT2D eigenvalue weighted by Gasteiger charge is -2.24. The summed E-state index contributed by atoms with van der Waals surface area (Å²) in [5, 5.41) is 0. The predicted molar refractivity (Wildman–Crippen MR) is 74.9 cm³/mol. The Morgan fingerprint density at radius 3 is 2.68 bits per heavy atom. The minimum absolute atomic E-state index is 0.109. The summed E-state index contributed by atoms with van der Waals surface area (Å²) < 4.78 is 27.1. The van der Waals surface area contributed by atoms with Gasteiger partial charge in [-0.3, -0.25) is 4.98 Å². The SMILES string of the molecule is CCC(C)(C)NS(=O)(=O)c1cncc(C#CCN)c1. The third-order valence-corrected chi connectivity index (χ3v) is 4.32. The zero-order valence-electron chi connectivity index (χ0n) is 11.4. The van der Waals surface area contributed by atoms with Crippen LogP contribution in [0.4, 0.5) is 0 Å². The molecule has 0 unspecified atom stereocenters. The van der Waals surface area contributed by atoms with Crippen molar-refractivity contribution >= 4 is 10.0 Å². The van der Waals surface area contributed by atoms with Crippen molar-refractivity contribution in [2.45, 2.75) is 37.6 Å². The first kappa shape index (κ1) is 15.6. The van der Waals surface area contributed by atoms with Crippen LogP contribution in [0.25, 0.3) is 0 Å². The maximum atomic E-state index is 12.2. The summed E-state index contributed by atoms with van der Waals surface area (Å²) in [5.74, 6) is 5.43. The molecule has 6 heteroatoms. The zero-order chi connectivity index (χ0) is 14.5. The van der Waals surface area contributed by atoms with Gasteiger partial charge in [0, 0.05) is 23.5 Å². The van der Waals surface area contributed by atoms with Crippen LogP contribution in [0.3, 0.4) is 0 Å². The van der Waals surface area contributed by atoms with E-state index >= 15 is 0 Å². The minimum atomic E-state index is -3.59. The van der Waals surface area contributed by atoms with Crippen molar-refractivity contribution in [3.05, 3.63) is 24.0 Å². The molecular weight excluding hydrogens is 262 g/mol. The monoisotopic (exact) mass is 281 g/mol. The van der Waals surface area contributed by atoms with Crippen molar-refractivity contribution in [1.29, 1.82) is 0 Å². The molecule has 0 radical (unpaired) electrons. The fourth-order valence-electron chi connectivity index (χ4n) is 1.28. The topological polar surface area (TPSA) is 85.1 Å². The van der Waals surface area contributed by atoms with E-state index in [9.17, 15) is 8.42 Å². The zero-order valence-corrected chi connectivity index (χ0v) is 12.2. The Kier molecular flexibility index (Phi) is 5.06. The van der Waals surface area contributed by atoms with Gasteiger partial charge in [-0.25, -0.2) is 13.1 Å². The van der Waals surface area contributed by atoms with Crippen LogP contribution >= 0.6 is 0 Å². The van der Waals surface area contributed by atoms with Crippen molar-refractivity contribution in [1.82, 2.24) is 9.71 Å². The van der Waals surface area contributed by atoms with Gasteiger partial charge in [0.1, 0.15) is 4.90 Å². The van der Waals surface area contributed by atoms with Crippen LogP contribution in [-0.4, -0.2) is 25.5 Å². The molecule has 0 atom stereocenters. The first-order valence-electron chi connectivity index (χ1n) is 5.99. The molecule has 0 spiro atoms. The van der Waals surface area contributed by atoms with Crippen LogP contribution in [0.5, 0.6) is 0 Å². The van der Waals surface area contributed by atoms with Gasteiger partial charge in [-0.1, -0.05) is 18.8 Å². The molecule has 104 valence electrons. The maximum absolute atomic E-state index is 12.2. The number of nitrogens with two attached hydrogens (primary N) is 1. The fraction of sp³-hybridized carbons (Fsp3) is 0.462. The number of pyridine rings is 1. The molecule has 0 bridgehead atoms. The summed E-state index contributed by atoms with van der Waals surface area (Å²) in [5.41, 5.74) is 5.30. The van der Waals surface area contributed by atoms with Gasteiger partial charge < -0.3 is 5.73 Å². The van der Waals surface area contributed by atoms with E-state index in [0.717, 1.165) is 0 Å². The summed E-state index contributed by atoms with van der Waals surface area (Å²) in [7, 11) is -3.59. The lowest BCUT2D eigenvalue weighted by Crippen LogP contribution is -2.42. The van der Waals surface area contributed by atoms with Crippen LogP contribution in [0, 0.1) is 11.8 Å². The Labute approximate surface area is 114 Å². The summed E-state index contributed by atoms with van der Waals surface area (Å²) >= 11 is 0. The number of hydrogen-bond donors (Lipinski definition) is 2. The van der Waals surface area contributed by atoms with Crippen LogP contribution in [0.1, 0.15) is 32.8 Å². The Hall–Kier alpha value is -1.42. The molecule has 0 amide bonds. The summed E-state index contributed by atoms with van der Waals surface area (Å²) in [6, 6.07) is 1.49. The van der Waals surface area contributed by atoms with Crippen molar-refractivity contribution < 1.29 is 8.42 Å². The van der Waals surface area contributed by atoms with E-state index in [2.05, 4.69) is 21.5 Å². The highest BCUT2D eigenvalue weighted by molar-refractivity contribution is 7.89. The summed E-state index contributed by atoms with van der Waals surface area (Å²) in [6.07, 6.45) is 3.50. The molecule has 1 rings (SSSR count). The first-order chi connectivity index (χ1) is 8.80. The highest BCUT2D eigenvalue weighted by atomic mass is 32.2. The molecule has 0 aliphatic heterocycles. The van der Waals surface area contributed by atoms with Crippen LogP contribution < -0.4 is 10.5 Å². The van der Waals surface area contributed by atoms with Gasteiger partial charge in [-0.05, 0) is 26.3 Å². The number of sulfonamides is 1. The van der Waals surface area contributed by atoms with Gasteiger partial charge in [0.15, 0.2) is 0 Å². The number of aromatic nitrogens is 1. The maximum Gasteiger partial charge on any atom is 0.242 e. The molecule has 0 aromatic carbocycles. The van der Waals surface area contributed by atoms with E-state index in [1.807, 2.05) is 20.8 Å². The van der Waals surface area contributed by atoms with Gasteiger partial charge in [-0.15, -0.1) is 0 Å². The van der Waals surface area contributed by atoms with E-state index in [1.54, 1.807) is 0 Å². The quantitative estimate of drug-likeness (QED) is 0.802. The van der Waals surface area contributed by atoms with E-state index < -0.39 is 15.6 Å². The second kappa shape index (κ2) is 6.15. The first-order valence-corrected chi connectivity index (χ1v) is 7.47. The van der Waals surface area contributed by atoms with E-state index in [4.69, 9.17) is 5.73 Å². The molecule has 0 saturated carbocycles. The normalized spacial score (nSPS) is 11.8. The highest BCUT2D eigenvalue weighted by Crippen LogP contribution is 2.15. The van der Waals surface area contributed by atoms with Gasteiger partial charge in [-0.2, -0.15) is 0 Å². The molecule has 19 heavy (non-hydrogen) atoms. The second-order valence-electron chi connectivity index (χ2n) is 4.76. The van der Waals surface area contributed by atoms with Gasteiger partial charge >= 0.3 is 0 Å². The Balaban J connectivity index is 3.09. The molecule has 1 aromatic heterocycles. The van der Waals surface area contributed by atoms with Gasteiger partial charge in [0.25, 0.3) is 0 Å². The molecular formula is C13H19N3O2S. The average Bonchev–Trinajstić information content (AvgIpc) is 2.35. The molecule has 0 fully saturated rings. The standard InChI is InChI=1S/C13H19N3O2S/c1-4-13(2,3)16-19(17,18)12-8-11(6-5-7-14)9-15-10-12/h8-10,16H,4,7,14H2,1-3H3. The van der Waals surface area contributed by atoms with Crippen LogP contribution in [0.2, 0.25) is 0 Å². The van der Waals surface area contributed by atoms with E-state index in [1.165, 1.54) is 18.5 Å². The molecule has 0 aliphatic rings. The summed E-state index contributed by atoms with van der Waals surface area (Å²) in [4.78, 5) is 4.01. The van der Waals surface area contributed by atoms with Gasteiger partial charge in [0.2, 0.25) is 10.0 Å². The number of rotatable bonds is 4.